The number of thioether (sulfide) groups is 1. The van der Waals surface area contributed by atoms with Gasteiger partial charge in [0, 0.05) is 22.9 Å². The van der Waals surface area contributed by atoms with Crippen LogP contribution in [0.15, 0.2) is 47.6 Å². The molecule has 0 radical (unpaired) electrons. The lowest BCUT2D eigenvalue weighted by molar-refractivity contribution is 0.414. The van der Waals surface area contributed by atoms with Crippen molar-refractivity contribution in [3.8, 4) is 17.1 Å². The molecule has 7 heteroatoms. The molecule has 1 aromatic heterocycles. The Morgan fingerprint density at radius 1 is 1.12 bits per heavy atom. The summed E-state index contributed by atoms with van der Waals surface area (Å²) in [6, 6.07) is 13.4. The molecule has 0 spiro atoms. The van der Waals surface area contributed by atoms with E-state index in [1.807, 2.05) is 24.3 Å². The summed E-state index contributed by atoms with van der Waals surface area (Å²) in [7, 11) is 1.67. The van der Waals surface area contributed by atoms with Gasteiger partial charge in [-0.15, -0.1) is 10.2 Å². The SMILES string of the molecule is CCn1c(SCc2cccc(OC)c2)nnc1-c1ccc(Cl)cc1Cl. The standard InChI is InChI=1S/C18H17Cl2N3OS/c1-3-23-17(15-8-7-13(19)10-16(15)20)21-22-18(23)25-11-12-5-4-6-14(9-12)24-2/h4-10H,3,11H2,1-2H3. The highest BCUT2D eigenvalue weighted by molar-refractivity contribution is 7.98. The molecule has 0 atom stereocenters. The lowest BCUT2D eigenvalue weighted by Crippen LogP contribution is -2.00. The van der Waals surface area contributed by atoms with E-state index in [4.69, 9.17) is 27.9 Å². The van der Waals surface area contributed by atoms with Crippen molar-refractivity contribution in [3.63, 3.8) is 0 Å². The Morgan fingerprint density at radius 3 is 2.68 bits per heavy atom. The maximum atomic E-state index is 6.32. The first-order valence-corrected chi connectivity index (χ1v) is 9.51. The van der Waals surface area contributed by atoms with E-state index in [0.717, 1.165) is 34.6 Å². The van der Waals surface area contributed by atoms with Crippen LogP contribution >= 0.6 is 35.0 Å². The van der Waals surface area contributed by atoms with Crippen LogP contribution in [-0.4, -0.2) is 21.9 Å². The zero-order valence-electron chi connectivity index (χ0n) is 13.9. The summed E-state index contributed by atoms with van der Waals surface area (Å²) in [5.74, 6) is 2.38. The Labute approximate surface area is 161 Å². The van der Waals surface area contributed by atoms with Crippen molar-refractivity contribution in [1.29, 1.82) is 0 Å². The number of ether oxygens (including phenoxy) is 1. The smallest absolute Gasteiger partial charge is 0.191 e. The summed E-state index contributed by atoms with van der Waals surface area (Å²) < 4.78 is 7.32. The highest BCUT2D eigenvalue weighted by atomic mass is 35.5. The van der Waals surface area contributed by atoms with Crippen molar-refractivity contribution in [1.82, 2.24) is 14.8 Å². The zero-order chi connectivity index (χ0) is 17.8. The van der Waals surface area contributed by atoms with Gasteiger partial charge in [-0.2, -0.15) is 0 Å². The largest absolute Gasteiger partial charge is 0.497 e. The maximum Gasteiger partial charge on any atom is 0.191 e. The van der Waals surface area contributed by atoms with Crippen LogP contribution in [0.4, 0.5) is 0 Å². The number of aromatic nitrogens is 3. The molecule has 0 saturated carbocycles. The quantitative estimate of drug-likeness (QED) is 0.513. The number of methoxy groups -OCH3 is 1. The van der Waals surface area contributed by atoms with Crippen LogP contribution in [-0.2, 0) is 12.3 Å². The molecule has 0 N–H and O–H groups in total. The third kappa shape index (κ3) is 4.11. The van der Waals surface area contributed by atoms with E-state index in [-0.39, 0.29) is 0 Å². The predicted molar refractivity (Wildman–Crippen MR) is 104 cm³/mol. The van der Waals surface area contributed by atoms with Crippen LogP contribution in [0.3, 0.4) is 0 Å². The van der Waals surface area contributed by atoms with Crippen LogP contribution in [0.25, 0.3) is 11.4 Å². The average molecular weight is 394 g/mol. The predicted octanol–water partition coefficient (Wildman–Crippen LogP) is 5.57. The molecule has 0 aliphatic heterocycles. The third-order valence-electron chi connectivity index (χ3n) is 3.71. The molecule has 2 aromatic carbocycles. The normalized spacial score (nSPS) is 10.9. The molecule has 0 aliphatic rings. The number of hydrogen-bond acceptors (Lipinski definition) is 4. The Kier molecular flexibility index (Phi) is 5.89. The number of halogens is 2. The molecule has 4 nitrogen and oxygen atoms in total. The fourth-order valence-electron chi connectivity index (χ4n) is 2.46. The van der Waals surface area contributed by atoms with Crippen LogP contribution in [0.1, 0.15) is 12.5 Å². The number of nitrogens with zero attached hydrogens (tertiary/aromatic N) is 3. The summed E-state index contributed by atoms with van der Waals surface area (Å²) in [6.45, 7) is 2.81. The molecule has 3 aromatic rings. The maximum absolute atomic E-state index is 6.32. The Hall–Kier alpha value is -1.69. The van der Waals surface area contributed by atoms with Crippen LogP contribution in [0.5, 0.6) is 5.75 Å². The monoisotopic (exact) mass is 393 g/mol. The van der Waals surface area contributed by atoms with Crippen molar-refractivity contribution >= 4 is 35.0 Å². The van der Waals surface area contributed by atoms with Crippen molar-refractivity contribution < 1.29 is 4.74 Å². The third-order valence-corrected chi connectivity index (χ3v) is 5.29. The molecule has 0 bridgehead atoms. The second kappa shape index (κ2) is 8.13. The molecule has 0 unspecified atom stereocenters. The highest BCUT2D eigenvalue weighted by Gasteiger charge is 2.16. The van der Waals surface area contributed by atoms with Gasteiger partial charge in [-0.3, -0.25) is 0 Å². The van der Waals surface area contributed by atoms with Gasteiger partial charge in [-0.1, -0.05) is 47.1 Å². The molecule has 3 rings (SSSR count). The van der Waals surface area contributed by atoms with Gasteiger partial charge in [0.2, 0.25) is 0 Å². The molecule has 0 amide bonds. The first-order chi connectivity index (χ1) is 12.1. The average Bonchev–Trinajstić information content (AvgIpc) is 3.02. The van der Waals surface area contributed by atoms with E-state index >= 15 is 0 Å². The molecule has 25 heavy (non-hydrogen) atoms. The number of benzene rings is 2. The summed E-state index contributed by atoms with van der Waals surface area (Å²) in [6.07, 6.45) is 0. The van der Waals surface area contributed by atoms with E-state index < -0.39 is 0 Å². The number of hydrogen-bond donors (Lipinski definition) is 0. The second-order valence-corrected chi connectivity index (χ2v) is 7.10. The minimum Gasteiger partial charge on any atom is -0.497 e. The van der Waals surface area contributed by atoms with E-state index in [1.54, 1.807) is 31.0 Å². The highest BCUT2D eigenvalue weighted by Crippen LogP contribution is 2.32. The first kappa shape index (κ1) is 18.1. The molecule has 0 aliphatic carbocycles. The second-order valence-electron chi connectivity index (χ2n) is 5.31. The lowest BCUT2D eigenvalue weighted by Gasteiger charge is -2.09. The number of rotatable bonds is 6. The molecular formula is C18H17Cl2N3OS. The summed E-state index contributed by atoms with van der Waals surface area (Å²) in [5.41, 5.74) is 2.00. The topological polar surface area (TPSA) is 39.9 Å². The van der Waals surface area contributed by atoms with Gasteiger partial charge in [-0.25, -0.2) is 0 Å². The van der Waals surface area contributed by atoms with Gasteiger partial charge < -0.3 is 9.30 Å². The minimum atomic E-state index is 0.568. The van der Waals surface area contributed by atoms with Gasteiger partial charge in [0.15, 0.2) is 11.0 Å². The molecular weight excluding hydrogens is 377 g/mol. The molecule has 1 heterocycles. The minimum absolute atomic E-state index is 0.568. The van der Waals surface area contributed by atoms with Gasteiger partial charge in [0.25, 0.3) is 0 Å². The fraction of sp³-hybridized carbons (Fsp3) is 0.222. The Morgan fingerprint density at radius 2 is 1.96 bits per heavy atom. The van der Waals surface area contributed by atoms with Crippen molar-refractivity contribution in [2.75, 3.05) is 7.11 Å². The van der Waals surface area contributed by atoms with E-state index in [9.17, 15) is 0 Å². The summed E-state index contributed by atoms with van der Waals surface area (Å²) >= 11 is 13.9. The van der Waals surface area contributed by atoms with Crippen molar-refractivity contribution in [2.24, 2.45) is 0 Å². The Bertz CT molecular complexity index is 883. The van der Waals surface area contributed by atoms with Crippen molar-refractivity contribution in [3.05, 3.63) is 58.1 Å². The summed E-state index contributed by atoms with van der Waals surface area (Å²) in [5, 5.41) is 10.7. The van der Waals surface area contributed by atoms with Crippen molar-refractivity contribution in [2.45, 2.75) is 24.4 Å². The Balaban J connectivity index is 1.84. The van der Waals surface area contributed by atoms with Gasteiger partial charge in [0.05, 0.1) is 12.1 Å². The van der Waals surface area contributed by atoms with Gasteiger partial charge in [0.1, 0.15) is 5.75 Å². The molecule has 0 fully saturated rings. The van der Waals surface area contributed by atoms with E-state index in [1.165, 1.54) is 5.56 Å². The summed E-state index contributed by atoms with van der Waals surface area (Å²) in [4.78, 5) is 0. The molecule has 130 valence electrons. The fourth-order valence-corrected chi connectivity index (χ4v) is 3.90. The van der Waals surface area contributed by atoms with Crippen LogP contribution in [0.2, 0.25) is 10.0 Å². The van der Waals surface area contributed by atoms with E-state index in [2.05, 4.69) is 27.8 Å². The first-order valence-electron chi connectivity index (χ1n) is 7.76. The van der Waals surface area contributed by atoms with Gasteiger partial charge in [-0.05, 0) is 42.8 Å². The van der Waals surface area contributed by atoms with Crippen LogP contribution < -0.4 is 4.74 Å². The van der Waals surface area contributed by atoms with Gasteiger partial charge >= 0.3 is 0 Å². The lowest BCUT2D eigenvalue weighted by atomic mass is 10.2. The molecule has 0 saturated heterocycles. The zero-order valence-corrected chi connectivity index (χ0v) is 16.2. The van der Waals surface area contributed by atoms with Crippen LogP contribution in [0, 0.1) is 0 Å². The van der Waals surface area contributed by atoms with E-state index in [0.29, 0.717) is 10.0 Å².